The molecule has 0 atom stereocenters. The Kier molecular flexibility index (Phi) is 4.10. The van der Waals surface area contributed by atoms with Crippen molar-refractivity contribution in [3.05, 3.63) is 23.2 Å². The Labute approximate surface area is 92.0 Å². The summed E-state index contributed by atoms with van der Waals surface area (Å²) in [4.78, 5) is 11.3. The van der Waals surface area contributed by atoms with E-state index in [1.54, 1.807) is 18.2 Å². The van der Waals surface area contributed by atoms with Crippen LogP contribution in [0.5, 0.6) is 0 Å². The van der Waals surface area contributed by atoms with Gasteiger partial charge in [0.05, 0.1) is 22.2 Å². The van der Waals surface area contributed by atoms with Crippen molar-refractivity contribution in [3.8, 4) is 0 Å². The summed E-state index contributed by atoms with van der Waals surface area (Å²) >= 11 is 7.32. The monoisotopic (exact) mass is 230 g/mol. The van der Waals surface area contributed by atoms with Gasteiger partial charge in [-0.2, -0.15) is 11.8 Å². The van der Waals surface area contributed by atoms with Crippen molar-refractivity contribution in [2.45, 2.75) is 0 Å². The molecule has 0 saturated carbocycles. The van der Waals surface area contributed by atoms with E-state index in [4.69, 9.17) is 17.3 Å². The molecular weight excluding hydrogens is 220 g/mol. The van der Waals surface area contributed by atoms with Gasteiger partial charge in [0, 0.05) is 0 Å². The van der Waals surface area contributed by atoms with Crippen LogP contribution in [0.4, 0.5) is 11.4 Å². The lowest BCUT2D eigenvalue weighted by molar-refractivity contribution is -0.113. The van der Waals surface area contributed by atoms with Crippen molar-refractivity contribution in [1.82, 2.24) is 0 Å². The van der Waals surface area contributed by atoms with Crippen molar-refractivity contribution < 1.29 is 4.79 Å². The lowest BCUT2D eigenvalue weighted by Gasteiger charge is -2.08. The van der Waals surface area contributed by atoms with E-state index in [0.29, 0.717) is 22.2 Å². The zero-order valence-electron chi connectivity index (χ0n) is 7.71. The molecule has 0 aliphatic heterocycles. The highest BCUT2D eigenvalue weighted by molar-refractivity contribution is 7.99. The first-order valence-electron chi connectivity index (χ1n) is 3.98. The van der Waals surface area contributed by atoms with E-state index in [9.17, 15) is 4.79 Å². The first kappa shape index (κ1) is 11.2. The highest BCUT2D eigenvalue weighted by Crippen LogP contribution is 2.27. The lowest BCUT2D eigenvalue weighted by Crippen LogP contribution is -2.15. The topological polar surface area (TPSA) is 55.1 Å². The average Bonchev–Trinajstić information content (AvgIpc) is 2.12. The van der Waals surface area contributed by atoms with Gasteiger partial charge in [0.2, 0.25) is 5.91 Å². The second kappa shape index (κ2) is 5.12. The molecule has 1 amide bonds. The van der Waals surface area contributed by atoms with Crippen LogP contribution in [-0.4, -0.2) is 17.9 Å². The Bertz CT molecular complexity index is 323. The highest BCUT2D eigenvalue weighted by atomic mass is 35.5. The molecule has 3 N–H and O–H groups in total. The summed E-state index contributed by atoms with van der Waals surface area (Å²) in [5.74, 6) is 0.294. The smallest absolute Gasteiger partial charge is 0.234 e. The van der Waals surface area contributed by atoms with Crippen LogP contribution in [0.25, 0.3) is 0 Å². The number of rotatable bonds is 3. The van der Waals surface area contributed by atoms with Gasteiger partial charge in [0.25, 0.3) is 0 Å². The zero-order valence-corrected chi connectivity index (χ0v) is 9.28. The molecule has 0 saturated heterocycles. The average molecular weight is 231 g/mol. The molecule has 0 bridgehead atoms. The number of carbonyl (C=O) groups is 1. The van der Waals surface area contributed by atoms with Crippen molar-refractivity contribution >= 4 is 40.6 Å². The second-order valence-corrected chi connectivity index (χ2v) is 3.96. The minimum absolute atomic E-state index is 0.0997. The molecule has 0 fully saturated rings. The zero-order chi connectivity index (χ0) is 10.6. The Morgan fingerprint density at radius 3 is 2.93 bits per heavy atom. The van der Waals surface area contributed by atoms with E-state index < -0.39 is 0 Å². The van der Waals surface area contributed by atoms with Crippen molar-refractivity contribution in [2.75, 3.05) is 23.1 Å². The minimum Gasteiger partial charge on any atom is -0.397 e. The fraction of sp³-hybridized carbons (Fsp3) is 0.222. The molecule has 0 aliphatic carbocycles. The summed E-state index contributed by atoms with van der Waals surface area (Å²) in [5, 5.41) is 3.12. The van der Waals surface area contributed by atoms with Gasteiger partial charge >= 0.3 is 0 Å². The molecule has 0 heterocycles. The Hall–Kier alpha value is -0.870. The van der Waals surface area contributed by atoms with E-state index in [1.807, 2.05) is 6.26 Å². The van der Waals surface area contributed by atoms with Crippen LogP contribution in [0.2, 0.25) is 5.02 Å². The van der Waals surface area contributed by atoms with Gasteiger partial charge in [-0.15, -0.1) is 0 Å². The van der Waals surface area contributed by atoms with Crippen LogP contribution in [0.15, 0.2) is 18.2 Å². The number of carbonyl (C=O) groups excluding carboxylic acids is 1. The van der Waals surface area contributed by atoms with Gasteiger partial charge < -0.3 is 11.1 Å². The van der Waals surface area contributed by atoms with Crippen LogP contribution >= 0.6 is 23.4 Å². The molecule has 5 heteroatoms. The van der Waals surface area contributed by atoms with Gasteiger partial charge in [-0.25, -0.2) is 0 Å². The number of halogens is 1. The Morgan fingerprint density at radius 1 is 1.64 bits per heavy atom. The number of anilines is 2. The number of hydrogen-bond donors (Lipinski definition) is 2. The summed E-state index contributed by atoms with van der Waals surface area (Å²) in [5.41, 5.74) is 6.63. The normalized spacial score (nSPS) is 9.86. The number of para-hydroxylation sites is 1. The van der Waals surface area contributed by atoms with Gasteiger partial charge in [0.15, 0.2) is 0 Å². The van der Waals surface area contributed by atoms with Crippen molar-refractivity contribution in [2.24, 2.45) is 0 Å². The fourth-order valence-electron chi connectivity index (χ4n) is 0.979. The van der Waals surface area contributed by atoms with Crippen LogP contribution in [0, 0.1) is 0 Å². The molecule has 1 aromatic rings. The summed E-state index contributed by atoms with van der Waals surface area (Å²) < 4.78 is 0. The van der Waals surface area contributed by atoms with Crippen molar-refractivity contribution in [1.29, 1.82) is 0 Å². The van der Waals surface area contributed by atoms with Crippen LogP contribution in [-0.2, 0) is 4.79 Å². The lowest BCUT2D eigenvalue weighted by atomic mass is 10.2. The fourth-order valence-corrected chi connectivity index (χ4v) is 1.54. The Morgan fingerprint density at radius 2 is 2.36 bits per heavy atom. The molecule has 0 radical (unpaired) electrons. The van der Waals surface area contributed by atoms with Gasteiger partial charge in [-0.3, -0.25) is 4.79 Å². The Balaban J connectivity index is 2.80. The van der Waals surface area contributed by atoms with E-state index in [0.717, 1.165) is 0 Å². The van der Waals surface area contributed by atoms with Crippen LogP contribution < -0.4 is 11.1 Å². The predicted molar refractivity (Wildman–Crippen MR) is 62.9 cm³/mol. The van der Waals surface area contributed by atoms with Crippen LogP contribution in [0.1, 0.15) is 0 Å². The van der Waals surface area contributed by atoms with Crippen molar-refractivity contribution in [3.63, 3.8) is 0 Å². The van der Waals surface area contributed by atoms with Gasteiger partial charge in [-0.1, -0.05) is 17.7 Å². The van der Waals surface area contributed by atoms with Gasteiger partial charge in [-0.05, 0) is 18.4 Å². The molecule has 0 unspecified atom stereocenters. The predicted octanol–water partition coefficient (Wildman–Crippen LogP) is 2.22. The molecule has 3 nitrogen and oxygen atoms in total. The maximum atomic E-state index is 11.3. The largest absolute Gasteiger partial charge is 0.397 e. The minimum atomic E-state index is -0.0997. The maximum Gasteiger partial charge on any atom is 0.234 e. The molecule has 0 aliphatic rings. The van der Waals surface area contributed by atoms with Crippen LogP contribution in [0.3, 0.4) is 0 Å². The van der Waals surface area contributed by atoms with E-state index >= 15 is 0 Å². The molecule has 0 aromatic heterocycles. The molecule has 0 spiro atoms. The maximum absolute atomic E-state index is 11.3. The van der Waals surface area contributed by atoms with E-state index in [-0.39, 0.29) is 5.91 Å². The summed E-state index contributed by atoms with van der Waals surface area (Å²) in [6.45, 7) is 0. The standard InChI is InChI=1S/C9H11ClN2OS/c1-14-5-8(13)12-9-6(10)3-2-4-7(9)11/h2-4H,5,11H2,1H3,(H,12,13). The number of thioether (sulfide) groups is 1. The SMILES string of the molecule is CSCC(=O)Nc1c(N)cccc1Cl. The molecule has 14 heavy (non-hydrogen) atoms. The van der Waals surface area contributed by atoms with E-state index in [2.05, 4.69) is 5.32 Å². The summed E-state index contributed by atoms with van der Waals surface area (Å²) in [6.07, 6.45) is 1.86. The number of hydrogen-bond acceptors (Lipinski definition) is 3. The second-order valence-electron chi connectivity index (χ2n) is 2.69. The molecule has 1 rings (SSSR count). The summed E-state index contributed by atoms with van der Waals surface area (Å²) in [6, 6.07) is 5.12. The third-order valence-electron chi connectivity index (χ3n) is 1.59. The molecular formula is C9H11ClN2OS. The first-order chi connectivity index (χ1) is 6.65. The first-order valence-corrected chi connectivity index (χ1v) is 5.75. The number of nitrogens with one attached hydrogen (secondary N) is 1. The highest BCUT2D eigenvalue weighted by Gasteiger charge is 2.07. The third-order valence-corrected chi connectivity index (χ3v) is 2.45. The quantitative estimate of drug-likeness (QED) is 0.783. The summed E-state index contributed by atoms with van der Waals surface area (Å²) in [7, 11) is 0. The third kappa shape index (κ3) is 2.82. The number of nitrogens with two attached hydrogens (primary N) is 1. The number of benzene rings is 1. The molecule has 1 aromatic carbocycles. The van der Waals surface area contributed by atoms with Gasteiger partial charge in [0.1, 0.15) is 0 Å². The van der Waals surface area contributed by atoms with E-state index in [1.165, 1.54) is 11.8 Å². The number of nitrogen functional groups attached to an aromatic ring is 1. The number of amides is 1. The molecule has 76 valence electrons.